The van der Waals surface area contributed by atoms with E-state index in [0.29, 0.717) is 19.4 Å². The lowest BCUT2D eigenvalue weighted by Gasteiger charge is -2.47. The fourth-order valence-electron chi connectivity index (χ4n) is 3.24. The number of nitrogens with zero attached hydrogens (tertiary/aromatic N) is 1. The number of hydrogen-bond donors (Lipinski definition) is 3. The number of carbonyl (C=O) groups excluding carboxylic acids is 1. The first-order chi connectivity index (χ1) is 9.40. The summed E-state index contributed by atoms with van der Waals surface area (Å²) in [6, 6.07) is -0.359. The van der Waals surface area contributed by atoms with Crippen molar-refractivity contribution in [1.82, 2.24) is 15.5 Å². The summed E-state index contributed by atoms with van der Waals surface area (Å²) in [7, 11) is 4.04. The highest BCUT2D eigenvalue weighted by Gasteiger charge is 2.43. The summed E-state index contributed by atoms with van der Waals surface area (Å²) in [6.45, 7) is 0.571. The lowest BCUT2D eigenvalue weighted by Crippen LogP contribution is -2.61. The summed E-state index contributed by atoms with van der Waals surface area (Å²) in [5.41, 5.74) is -1.02. The van der Waals surface area contributed by atoms with Gasteiger partial charge in [0.05, 0.1) is 0 Å². The zero-order chi connectivity index (χ0) is 14.8. The summed E-state index contributed by atoms with van der Waals surface area (Å²) < 4.78 is 0. The Morgan fingerprint density at radius 1 is 1.10 bits per heavy atom. The largest absolute Gasteiger partial charge is 0.480 e. The third-order valence-corrected chi connectivity index (χ3v) is 5.03. The summed E-state index contributed by atoms with van der Waals surface area (Å²) in [4.78, 5) is 25.6. The minimum atomic E-state index is -1.06. The molecule has 2 fully saturated rings. The summed E-state index contributed by atoms with van der Waals surface area (Å²) in [5, 5.41) is 14.9. The van der Waals surface area contributed by atoms with Crippen molar-refractivity contribution in [3.05, 3.63) is 0 Å². The van der Waals surface area contributed by atoms with Crippen LogP contribution in [-0.4, -0.2) is 53.7 Å². The van der Waals surface area contributed by atoms with E-state index in [1.165, 1.54) is 6.42 Å². The van der Waals surface area contributed by atoms with Crippen molar-refractivity contribution in [2.45, 2.75) is 56.0 Å². The van der Waals surface area contributed by atoms with Crippen LogP contribution in [0.4, 0.5) is 4.79 Å². The van der Waals surface area contributed by atoms with E-state index in [1.807, 2.05) is 14.1 Å². The maximum absolute atomic E-state index is 12.0. The number of urea groups is 1. The average molecular weight is 283 g/mol. The molecule has 0 spiro atoms. The van der Waals surface area contributed by atoms with Crippen LogP contribution < -0.4 is 10.6 Å². The zero-order valence-corrected chi connectivity index (χ0v) is 12.4. The molecule has 2 rings (SSSR count). The standard InChI is InChI=1S/C14H25N3O3/c1-17(2)13(6-5-7-13)10-15-12(20)16-14(11(18)19)8-3-4-9-14/h3-10H2,1-2H3,(H,18,19)(H2,15,16,20). The van der Waals surface area contributed by atoms with Crippen LogP contribution in [0.2, 0.25) is 0 Å². The van der Waals surface area contributed by atoms with E-state index >= 15 is 0 Å². The number of aliphatic carboxylic acids is 1. The Kier molecular flexibility index (Phi) is 4.22. The van der Waals surface area contributed by atoms with Gasteiger partial charge in [-0.15, -0.1) is 0 Å². The lowest BCUT2D eigenvalue weighted by atomic mass is 9.75. The summed E-state index contributed by atoms with van der Waals surface area (Å²) in [5.74, 6) is -0.920. The van der Waals surface area contributed by atoms with Crippen molar-refractivity contribution in [3.63, 3.8) is 0 Å². The second-order valence-corrected chi connectivity index (χ2v) is 6.37. The van der Waals surface area contributed by atoms with Crippen molar-refractivity contribution in [1.29, 1.82) is 0 Å². The van der Waals surface area contributed by atoms with Crippen molar-refractivity contribution < 1.29 is 14.7 Å². The Morgan fingerprint density at radius 2 is 1.70 bits per heavy atom. The van der Waals surface area contributed by atoms with Gasteiger partial charge in [-0.1, -0.05) is 12.8 Å². The summed E-state index contributed by atoms with van der Waals surface area (Å²) in [6.07, 6.45) is 6.08. The van der Waals surface area contributed by atoms with Crippen LogP contribution in [0.15, 0.2) is 0 Å². The molecular weight excluding hydrogens is 258 g/mol. The van der Waals surface area contributed by atoms with Gasteiger partial charge in [0.15, 0.2) is 0 Å². The molecule has 0 atom stereocenters. The van der Waals surface area contributed by atoms with Crippen LogP contribution in [0.5, 0.6) is 0 Å². The molecule has 0 radical (unpaired) electrons. The van der Waals surface area contributed by atoms with E-state index in [1.54, 1.807) is 0 Å². The number of hydrogen-bond acceptors (Lipinski definition) is 3. The maximum atomic E-state index is 12.0. The van der Waals surface area contributed by atoms with Crippen molar-refractivity contribution in [2.24, 2.45) is 0 Å². The van der Waals surface area contributed by atoms with Crippen molar-refractivity contribution in [3.8, 4) is 0 Å². The molecule has 0 aromatic carbocycles. The minimum absolute atomic E-state index is 0.0450. The molecule has 20 heavy (non-hydrogen) atoms. The molecular formula is C14H25N3O3. The quantitative estimate of drug-likeness (QED) is 0.707. The average Bonchev–Trinajstić information content (AvgIpc) is 2.76. The molecule has 0 heterocycles. The topological polar surface area (TPSA) is 81.7 Å². The molecule has 2 aliphatic rings. The van der Waals surface area contributed by atoms with Gasteiger partial charge in [-0.25, -0.2) is 9.59 Å². The SMILES string of the molecule is CN(C)C1(CNC(=O)NC2(C(=O)O)CCCC2)CCC1. The van der Waals surface area contributed by atoms with Crippen molar-refractivity contribution in [2.75, 3.05) is 20.6 Å². The first-order valence-electron chi connectivity index (χ1n) is 7.37. The third-order valence-electron chi connectivity index (χ3n) is 5.03. The van der Waals surface area contributed by atoms with E-state index in [9.17, 15) is 14.7 Å². The van der Waals surface area contributed by atoms with Crippen LogP contribution in [0, 0.1) is 0 Å². The van der Waals surface area contributed by atoms with Gasteiger partial charge in [0.25, 0.3) is 0 Å². The molecule has 2 saturated carbocycles. The van der Waals surface area contributed by atoms with Crippen LogP contribution in [-0.2, 0) is 4.79 Å². The lowest BCUT2D eigenvalue weighted by molar-refractivity contribution is -0.144. The fraction of sp³-hybridized carbons (Fsp3) is 0.857. The second kappa shape index (κ2) is 5.60. The Bertz CT molecular complexity index is 385. The first kappa shape index (κ1) is 15.1. The molecule has 0 aromatic rings. The third kappa shape index (κ3) is 2.75. The van der Waals surface area contributed by atoms with Crippen LogP contribution >= 0.6 is 0 Å². The Morgan fingerprint density at radius 3 is 2.10 bits per heavy atom. The second-order valence-electron chi connectivity index (χ2n) is 6.37. The van der Waals surface area contributed by atoms with Crippen LogP contribution in [0.25, 0.3) is 0 Å². The Hall–Kier alpha value is -1.30. The number of likely N-dealkylation sites (N-methyl/N-ethyl adjacent to an activating group) is 1. The highest BCUT2D eigenvalue weighted by Crippen LogP contribution is 2.35. The molecule has 3 N–H and O–H groups in total. The predicted octanol–water partition coefficient (Wildman–Crippen LogP) is 1.17. The zero-order valence-electron chi connectivity index (χ0n) is 12.4. The minimum Gasteiger partial charge on any atom is -0.480 e. The number of carbonyl (C=O) groups is 2. The maximum Gasteiger partial charge on any atom is 0.329 e. The molecule has 6 nitrogen and oxygen atoms in total. The molecule has 0 bridgehead atoms. The molecule has 2 amide bonds. The van der Waals surface area contributed by atoms with Gasteiger partial charge in [0.1, 0.15) is 5.54 Å². The van der Waals surface area contributed by atoms with Gasteiger partial charge in [-0.2, -0.15) is 0 Å². The van der Waals surface area contributed by atoms with Gasteiger partial charge < -0.3 is 20.6 Å². The Labute approximate surface area is 119 Å². The van der Waals surface area contributed by atoms with Gasteiger partial charge in [-0.05, 0) is 46.2 Å². The van der Waals surface area contributed by atoms with Crippen molar-refractivity contribution >= 4 is 12.0 Å². The first-order valence-corrected chi connectivity index (χ1v) is 7.37. The van der Waals surface area contributed by atoms with Gasteiger partial charge in [-0.3, -0.25) is 0 Å². The number of carboxylic acids is 1. The molecule has 2 aliphatic carbocycles. The Balaban J connectivity index is 1.87. The van der Waals surface area contributed by atoms with E-state index in [-0.39, 0.29) is 11.6 Å². The van der Waals surface area contributed by atoms with Crippen LogP contribution in [0.1, 0.15) is 44.9 Å². The molecule has 0 aromatic heterocycles. The smallest absolute Gasteiger partial charge is 0.329 e. The van der Waals surface area contributed by atoms with Gasteiger partial charge in [0, 0.05) is 12.1 Å². The fourth-order valence-corrected chi connectivity index (χ4v) is 3.24. The molecule has 0 saturated heterocycles. The molecule has 0 aliphatic heterocycles. The number of amides is 2. The predicted molar refractivity (Wildman–Crippen MR) is 75.6 cm³/mol. The number of nitrogens with one attached hydrogen (secondary N) is 2. The highest BCUT2D eigenvalue weighted by molar-refractivity contribution is 5.86. The monoisotopic (exact) mass is 283 g/mol. The van der Waals surface area contributed by atoms with E-state index < -0.39 is 11.5 Å². The number of carboxylic acid groups (broad SMARTS) is 1. The van der Waals surface area contributed by atoms with Gasteiger partial charge >= 0.3 is 12.0 Å². The molecule has 114 valence electrons. The summed E-state index contributed by atoms with van der Waals surface area (Å²) >= 11 is 0. The molecule has 6 heteroatoms. The van der Waals surface area contributed by atoms with E-state index in [0.717, 1.165) is 25.7 Å². The number of rotatable bonds is 5. The molecule has 0 unspecified atom stereocenters. The highest BCUT2D eigenvalue weighted by atomic mass is 16.4. The van der Waals surface area contributed by atoms with Gasteiger partial charge in [0.2, 0.25) is 0 Å². The van der Waals surface area contributed by atoms with Crippen LogP contribution in [0.3, 0.4) is 0 Å². The van der Waals surface area contributed by atoms with E-state index in [2.05, 4.69) is 15.5 Å². The normalized spacial score (nSPS) is 23.1. The van der Waals surface area contributed by atoms with E-state index in [4.69, 9.17) is 0 Å².